The smallest absolute Gasteiger partial charge is 0.248 e. The molecule has 4 atom stereocenters. The van der Waals surface area contributed by atoms with E-state index in [0.717, 1.165) is 24.2 Å². The van der Waals surface area contributed by atoms with E-state index in [2.05, 4.69) is 20.7 Å². The van der Waals surface area contributed by atoms with E-state index in [1.807, 2.05) is 40.8 Å². The highest BCUT2D eigenvalue weighted by Crippen LogP contribution is 2.40. The van der Waals surface area contributed by atoms with Crippen molar-refractivity contribution in [1.29, 1.82) is 0 Å². The zero-order valence-electron chi connectivity index (χ0n) is 21.4. The number of aliphatic hydroxyl groups is 2. The van der Waals surface area contributed by atoms with Crippen molar-refractivity contribution in [3.8, 4) is 0 Å². The third-order valence-electron chi connectivity index (χ3n) is 7.07. The molecule has 11 nitrogen and oxygen atoms in total. The van der Waals surface area contributed by atoms with Gasteiger partial charge in [0.25, 0.3) is 0 Å². The Morgan fingerprint density at radius 1 is 1.26 bits per heavy atom. The molecule has 2 aromatic heterocycles. The summed E-state index contributed by atoms with van der Waals surface area (Å²) < 4.78 is 3.29. The molecule has 4 rings (SSSR count). The van der Waals surface area contributed by atoms with Crippen LogP contribution < -0.4 is 5.32 Å². The number of hydrogen-bond donors (Lipinski definition) is 3. The third kappa shape index (κ3) is 5.11. The lowest BCUT2D eigenvalue weighted by molar-refractivity contribution is -0.144. The van der Waals surface area contributed by atoms with E-state index in [1.165, 1.54) is 4.90 Å². The molecule has 2 amide bonds. The Balaban J connectivity index is 1.49. The van der Waals surface area contributed by atoms with Crippen molar-refractivity contribution in [2.75, 3.05) is 13.1 Å². The second kappa shape index (κ2) is 9.34. The molecule has 35 heavy (non-hydrogen) atoms. The number of carbonyl (C=O) groups excluding carboxylic acids is 2. The van der Waals surface area contributed by atoms with Crippen LogP contribution in [-0.4, -0.2) is 76.9 Å². The molecule has 1 aliphatic heterocycles. The maximum absolute atomic E-state index is 13.8. The largest absolute Gasteiger partial charge is 0.391 e. The van der Waals surface area contributed by atoms with Gasteiger partial charge in [0.2, 0.25) is 11.8 Å². The maximum Gasteiger partial charge on any atom is 0.248 e. The number of aryl methyl sites for hydroxylation is 2. The molecule has 1 saturated heterocycles. The van der Waals surface area contributed by atoms with Crippen LogP contribution in [0.4, 0.5) is 0 Å². The normalized spacial score (nSPS) is 22.3. The summed E-state index contributed by atoms with van der Waals surface area (Å²) in [6, 6.07) is -1.51. The van der Waals surface area contributed by atoms with Gasteiger partial charge < -0.3 is 20.4 Å². The van der Waals surface area contributed by atoms with E-state index in [1.54, 1.807) is 16.4 Å². The maximum atomic E-state index is 13.8. The van der Waals surface area contributed by atoms with Gasteiger partial charge in [0.05, 0.1) is 23.6 Å². The molecule has 1 saturated carbocycles. The lowest BCUT2D eigenvalue weighted by Crippen LogP contribution is -2.50. The Morgan fingerprint density at radius 2 is 1.94 bits per heavy atom. The van der Waals surface area contributed by atoms with Crippen LogP contribution in [0.2, 0.25) is 0 Å². The number of β-amino-alcohol motifs (C(OH)–C–C–N with tert-alkyl or cyclic N) is 1. The van der Waals surface area contributed by atoms with Gasteiger partial charge in [-0.25, -0.2) is 4.68 Å². The van der Waals surface area contributed by atoms with Crippen LogP contribution in [0.1, 0.15) is 80.7 Å². The first kappa shape index (κ1) is 25.3. The van der Waals surface area contributed by atoms with Gasteiger partial charge in [-0.05, 0) is 32.1 Å². The molecular formula is C24H37N7O4. The van der Waals surface area contributed by atoms with E-state index in [4.69, 9.17) is 0 Å². The van der Waals surface area contributed by atoms with Gasteiger partial charge in [-0.3, -0.25) is 14.3 Å². The van der Waals surface area contributed by atoms with Crippen molar-refractivity contribution in [2.24, 2.45) is 12.5 Å². The molecular weight excluding hydrogens is 450 g/mol. The zero-order valence-corrected chi connectivity index (χ0v) is 21.4. The van der Waals surface area contributed by atoms with Gasteiger partial charge in [-0.15, -0.1) is 5.10 Å². The predicted molar refractivity (Wildman–Crippen MR) is 127 cm³/mol. The van der Waals surface area contributed by atoms with Crippen LogP contribution in [0.3, 0.4) is 0 Å². The highest BCUT2D eigenvalue weighted by molar-refractivity contribution is 5.90. The number of likely N-dealkylation sites (tertiary alicyclic amines) is 1. The topological polar surface area (TPSA) is 138 Å². The fraction of sp³-hybridized carbons (Fsp3) is 0.708. The molecule has 3 N–H and O–H groups in total. The Morgan fingerprint density at radius 3 is 2.51 bits per heavy atom. The van der Waals surface area contributed by atoms with Crippen molar-refractivity contribution in [2.45, 2.75) is 84.1 Å². The van der Waals surface area contributed by atoms with Crippen LogP contribution in [0.25, 0.3) is 0 Å². The van der Waals surface area contributed by atoms with Gasteiger partial charge in [-0.1, -0.05) is 26.0 Å². The predicted octanol–water partition coefficient (Wildman–Crippen LogP) is 0.905. The first-order valence-corrected chi connectivity index (χ1v) is 12.2. The van der Waals surface area contributed by atoms with Crippen LogP contribution in [-0.2, 0) is 16.6 Å². The lowest BCUT2D eigenvalue weighted by Gasteiger charge is -2.34. The van der Waals surface area contributed by atoms with Gasteiger partial charge >= 0.3 is 0 Å². The first-order valence-electron chi connectivity index (χ1n) is 12.2. The molecule has 3 heterocycles. The fourth-order valence-electron chi connectivity index (χ4n) is 5.02. The van der Waals surface area contributed by atoms with Crippen molar-refractivity contribution >= 4 is 11.8 Å². The summed E-state index contributed by atoms with van der Waals surface area (Å²) in [5.74, 6) is -0.274. The second-order valence-electron chi connectivity index (χ2n) is 11.0. The van der Waals surface area contributed by atoms with E-state index in [0.29, 0.717) is 17.2 Å². The molecule has 0 bridgehead atoms. The second-order valence-corrected chi connectivity index (χ2v) is 11.0. The lowest BCUT2D eigenvalue weighted by atomic mass is 9.85. The standard InChI is InChI=1S/C24H37N7O4/c1-13-20(14(2)29(6)27-13)19(33)10-25-22(34)18-9-16(32)11-30(18)23(35)21(24(3,4)5)31-12-17(26-28-31)15-7-8-15/h12,15-16,18-19,21,32-33H,7-11H2,1-6H3,(H,25,34)/t16-,18+,19?,21-/m1/s1. The summed E-state index contributed by atoms with van der Waals surface area (Å²) in [6.45, 7) is 9.57. The minimum Gasteiger partial charge on any atom is -0.391 e. The van der Waals surface area contributed by atoms with Crippen molar-refractivity contribution in [1.82, 2.24) is 35.0 Å². The zero-order chi connectivity index (χ0) is 25.7. The van der Waals surface area contributed by atoms with Crippen LogP contribution >= 0.6 is 0 Å². The monoisotopic (exact) mass is 487 g/mol. The summed E-state index contributed by atoms with van der Waals surface area (Å²) in [5.41, 5.74) is 2.59. The molecule has 2 fully saturated rings. The molecule has 0 aromatic carbocycles. The van der Waals surface area contributed by atoms with Crippen LogP contribution in [0.15, 0.2) is 6.20 Å². The average Bonchev–Trinajstić information content (AvgIpc) is 3.28. The summed E-state index contributed by atoms with van der Waals surface area (Å²) >= 11 is 0. The Kier molecular flexibility index (Phi) is 6.76. The molecule has 1 unspecified atom stereocenters. The van der Waals surface area contributed by atoms with E-state index < -0.39 is 35.6 Å². The SMILES string of the molecule is Cc1nn(C)c(C)c1C(O)CNC(=O)[C@@H]1C[C@@H](O)CN1C(=O)[C@@H](n1cc(C2CC2)nn1)C(C)(C)C. The summed E-state index contributed by atoms with van der Waals surface area (Å²) in [5, 5.41) is 36.7. The van der Waals surface area contributed by atoms with Gasteiger partial charge in [-0.2, -0.15) is 5.10 Å². The van der Waals surface area contributed by atoms with Crippen LogP contribution in [0.5, 0.6) is 0 Å². The third-order valence-corrected chi connectivity index (χ3v) is 7.07. The van der Waals surface area contributed by atoms with Crippen molar-refractivity contribution in [3.05, 3.63) is 28.8 Å². The van der Waals surface area contributed by atoms with Gasteiger partial charge in [0.15, 0.2) is 0 Å². The Labute approximate surface area is 205 Å². The van der Waals surface area contributed by atoms with E-state index in [9.17, 15) is 19.8 Å². The van der Waals surface area contributed by atoms with Gasteiger partial charge in [0, 0.05) is 49.9 Å². The Bertz CT molecular complexity index is 1100. The minimum absolute atomic E-state index is 0.0165. The number of nitrogens with one attached hydrogen (secondary N) is 1. The van der Waals surface area contributed by atoms with Crippen molar-refractivity contribution < 1.29 is 19.8 Å². The number of aliphatic hydroxyl groups excluding tert-OH is 2. The van der Waals surface area contributed by atoms with Crippen molar-refractivity contribution in [3.63, 3.8) is 0 Å². The van der Waals surface area contributed by atoms with Crippen LogP contribution in [0, 0.1) is 19.3 Å². The minimum atomic E-state index is -0.929. The number of aromatic nitrogens is 5. The number of rotatable bonds is 7. The highest BCUT2D eigenvalue weighted by atomic mass is 16.3. The number of nitrogens with zero attached hydrogens (tertiary/aromatic N) is 6. The molecule has 11 heteroatoms. The first-order chi connectivity index (χ1) is 16.4. The highest BCUT2D eigenvalue weighted by Gasteiger charge is 2.45. The number of amides is 2. The Hall–Kier alpha value is -2.79. The summed E-state index contributed by atoms with van der Waals surface area (Å²) in [7, 11) is 1.80. The molecule has 1 aliphatic carbocycles. The molecule has 2 aliphatic rings. The quantitative estimate of drug-likeness (QED) is 0.527. The van der Waals surface area contributed by atoms with E-state index >= 15 is 0 Å². The number of hydrogen-bond acceptors (Lipinski definition) is 7. The summed E-state index contributed by atoms with van der Waals surface area (Å²) in [6.07, 6.45) is 2.40. The molecule has 0 radical (unpaired) electrons. The molecule has 192 valence electrons. The molecule has 0 spiro atoms. The average molecular weight is 488 g/mol. The molecule has 2 aromatic rings. The summed E-state index contributed by atoms with van der Waals surface area (Å²) in [4.78, 5) is 28.4. The van der Waals surface area contributed by atoms with E-state index in [-0.39, 0.29) is 25.4 Å². The fourth-order valence-corrected chi connectivity index (χ4v) is 5.02. The number of carbonyl (C=O) groups is 2. The van der Waals surface area contributed by atoms with Gasteiger partial charge in [0.1, 0.15) is 12.1 Å².